The van der Waals surface area contributed by atoms with Gasteiger partial charge in [-0.1, -0.05) is 11.6 Å². The second-order valence-electron chi connectivity index (χ2n) is 4.65. The summed E-state index contributed by atoms with van der Waals surface area (Å²) in [5.74, 6) is 0.0500. The van der Waals surface area contributed by atoms with Crippen LogP contribution in [0, 0.1) is 6.92 Å². The second kappa shape index (κ2) is 5.59. The molecular weight excluding hydrogens is 250 g/mol. The fraction of sp³-hybridized carbons (Fsp3) is 0.462. The summed E-state index contributed by atoms with van der Waals surface area (Å²) in [6.07, 6.45) is 0.800. The lowest BCUT2D eigenvalue weighted by Gasteiger charge is -2.35. The Hall–Kier alpha value is -1.26. The molecule has 1 aliphatic rings. The highest BCUT2D eigenvalue weighted by molar-refractivity contribution is 6.30. The number of aryl methyl sites for hydroxylation is 1. The highest BCUT2D eigenvalue weighted by Crippen LogP contribution is 2.24. The zero-order valence-corrected chi connectivity index (χ0v) is 11.2. The molecule has 0 aromatic heterocycles. The van der Waals surface area contributed by atoms with Crippen LogP contribution in [0.5, 0.6) is 0 Å². The van der Waals surface area contributed by atoms with E-state index >= 15 is 0 Å². The van der Waals surface area contributed by atoms with Crippen LogP contribution >= 0.6 is 11.6 Å². The molecule has 1 aromatic carbocycles. The van der Waals surface area contributed by atoms with Gasteiger partial charge in [-0.3, -0.25) is 4.79 Å². The van der Waals surface area contributed by atoms with Gasteiger partial charge in [-0.2, -0.15) is 0 Å². The fourth-order valence-electron chi connectivity index (χ4n) is 2.34. The maximum atomic E-state index is 11.7. The number of nitrogens with one attached hydrogen (secondary N) is 1. The summed E-state index contributed by atoms with van der Waals surface area (Å²) >= 11 is 5.95. The Balaban J connectivity index is 2.18. The van der Waals surface area contributed by atoms with Gasteiger partial charge in [0.25, 0.3) is 0 Å². The molecule has 5 heteroatoms. The Labute approximate surface area is 112 Å². The number of amides is 1. The summed E-state index contributed by atoms with van der Waals surface area (Å²) in [5.41, 5.74) is 7.70. The van der Waals surface area contributed by atoms with Crippen LogP contribution in [0.1, 0.15) is 12.0 Å². The van der Waals surface area contributed by atoms with Gasteiger partial charge in [-0.25, -0.2) is 0 Å². The lowest BCUT2D eigenvalue weighted by molar-refractivity contribution is -0.121. The van der Waals surface area contributed by atoms with E-state index in [9.17, 15) is 4.79 Å². The molecule has 3 N–H and O–H groups in total. The lowest BCUT2D eigenvalue weighted by Crippen LogP contribution is -2.54. The molecule has 1 aliphatic heterocycles. The third-order valence-electron chi connectivity index (χ3n) is 3.16. The van der Waals surface area contributed by atoms with Gasteiger partial charge in [-0.05, 0) is 43.7 Å². The Kier molecular flexibility index (Phi) is 4.09. The lowest BCUT2D eigenvalue weighted by atomic mass is 10.1. The molecule has 1 fully saturated rings. The molecule has 1 unspecified atom stereocenters. The van der Waals surface area contributed by atoms with Gasteiger partial charge in [0.2, 0.25) is 5.91 Å². The maximum Gasteiger partial charge on any atom is 0.239 e. The van der Waals surface area contributed by atoms with E-state index in [0.717, 1.165) is 29.2 Å². The maximum absolute atomic E-state index is 11.7. The number of anilines is 1. The van der Waals surface area contributed by atoms with Gasteiger partial charge in [0.05, 0.1) is 6.54 Å². The van der Waals surface area contributed by atoms with Crippen molar-refractivity contribution in [1.29, 1.82) is 0 Å². The van der Waals surface area contributed by atoms with E-state index in [1.807, 2.05) is 25.1 Å². The van der Waals surface area contributed by atoms with Crippen molar-refractivity contribution in [3.63, 3.8) is 0 Å². The number of hydrogen-bond acceptors (Lipinski definition) is 3. The van der Waals surface area contributed by atoms with Crippen LogP contribution in [-0.2, 0) is 4.79 Å². The third-order valence-corrected chi connectivity index (χ3v) is 3.39. The Morgan fingerprint density at radius 2 is 2.33 bits per heavy atom. The molecule has 0 spiro atoms. The number of benzene rings is 1. The first kappa shape index (κ1) is 13.2. The quantitative estimate of drug-likeness (QED) is 0.868. The largest absolute Gasteiger partial charge is 0.360 e. The first-order valence-electron chi connectivity index (χ1n) is 6.10. The standard InChI is InChI=1S/C13H18ClN3O/c1-9-6-10(14)2-3-12(9)17-7-11(4-5-15)16-13(18)8-17/h2-3,6,11H,4-5,7-8,15H2,1H3,(H,16,18). The van der Waals surface area contributed by atoms with Crippen LogP contribution in [0.4, 0.5) is 5.69 Å². The summed E-state index contributed by atoms with van der Waals surface area (Å²) in [7, 11) is 0. The van der Waals surface area contributed by atoms with Crippen LogP contribution in [0.25, 0.3) is 0 Å². The molecule has 0 aliphatic carbocycles. The number of carbonyl (C=O) groups excluding carboxylic acids is 1. The van der Waals surface area contributed by atoms with Crippen molar-refractivity contribution in [2.45, 2.75) is 19.4 Å². The van der Waals surface area contributed by atoms with Gasteiger partial charge < -0.3 is 16.0 Å². The summed E-state index contributed by atoms with van der Waals surface area (Å²) < 4.78 is 0. The second-order valence-corrected chi connectivity index (χ2v) is 5.09. The number of nitrogens with zero attached hydrogens (tertiary/aromatic N) is 1. The molecule has 2 rings (SSSR count). The van der Waals surface area contributed by atoms with Crippen LogP contribution in [0.2, 0.25) is 5.02 Å². The first-order chi connectivity index (χ1) is 8.60. The molecule has 98 valence electrons. The molecule has 1 atom stereocenters. The predicted molar refractivity (Wildman–Crippen MR) is 74.0 cm³/mol. The van der Waals surface area contributed by atoms with E-state index in [4.69, 9.17) is 17.3 Å². The predicted octanol–water partition coefficient (Wildman–Crippen LogP) is 1.30. The fourth-order valence-corrected chi connectivity index (χ4v) is 2.57. The number of nitrogens with two attached hydrogens (primary N) is 1. The van der Waals surface area contributed by atoms with Crippen molar-refractivity contribution < 1.29 is 4.79 Å². The van der Waals surface area contributed by atoms with Crippen LogP contribution < -0.4 is 16.0 Å². The number of carbonyl (C=O) groups is 1. The molecule has 1 amide bonds. The number of halogens is 1. The van der Waals surface area contributed by atoms with Crippen molar-refractivity contribution in [2.75, 3.05) is 24.5 Å². The number of rotatable bonds is 3. The summed E-state index contributed by atoms with van der Waals surface area (Å²) in [5, 5.41) is 3.68. The Morgan fingerprint density at radius 3 is 3.00 bits per heavy atom. The van der Waals surface area contributed by atoms with Gasteiger partial charge >= 0.3 is 0 Å². The zero-order valence-electron chi connectivity index (χ0n) is 10.4. The van der Waals surface area contributed by atoms with Gasteiger partial charge in [0, 0.05) is 23.3 Å². The molecule has 1 saturated heterocycles. The molecule has 18 heavy (non-hydrogen) atoms. The zero-order chi connectivity index (χ0) is 13.1. The molecule has 0 bridgehead atoms. The molecule has 0 saturated carbocycles. The summed E-state index contributed by atoms with van der Waals surface area (Å²) in [4.78, 5) is 13.8. The average Bonchev–Trinajstić information content (AvgIpc) is 2.28. The van der Waals surface area contributed by atoms with Crippen molar-refractivity contribution in [3.05, 3.63) is 28.8 Å². The smallest absolute Gasteiger partial charge is 0.239 e. The molecule has 1 aromatic rings. The van der Waals surface area contributed by atoms with Crippen LogP contribution in [-0.4, -0.2) is 31.6 Å². The Bertz CT molecular complexity index is 450. The first-order valence-corrected chi connectivity index (χ1v) is 6.48. The van der Waals surface area contributed by atoms with E-state index in [1.165, 1.54) is 0 Å². The van der Waals surface area contributed by atoms with Crippen molar-refractivity contribution >= 4 is 23.2 Å². The van der Waals surface area contributed by atoms with Crippen molar-refractivity contribution in [3.8, 4) is 0 Å². The van der Waals surface area contributed by atoms with E-state index in [0.29, 0.717) is 13.1 Å². The summed E-state index contributed by atoms with van der Waals surface area (Å²) in [6.45, 7) is 3.78. The van der Waals surface area contributed by atoms with Crippen LogP contribution in [0.3, 0.4) is 0 Å². The third kappa shape index (κ3) is 2.94. The molecule has 4 nitrogen and oxygen atoms in total. The van der Waals surface area contributed by atoms with E-state index < -0.39 is 0 Å². The highest BCUT2D eigenvalue weighted by atomic mass is 35.5. The summed E-state index contributed by atoms with van der Waals surface area (Å²) in [6, 6.07) is 5.87. The molecule has 1 heterocycles. The minimum atomic E-state index is 0.0500. The van der Waals surface area contributed by atoms with Crippen molar-refractivity contribution in [2.24, 2.45) is 5.73 Å². The van der Waals surface area contributed by atoms with E-state index in [1.54, 1.807) is 0 Å². The Morgan fingerprint density at radius 1 is 1.56 bits per heavy atom. The van der Waals surface area contributed by atoms with Gasteiger partial charge in [-0.15, -0.1) is 0 Å². The molecular formula is C13H18ClN3O. The van der Waals surface area contributed by atoms with Crippen molar-refractivity contribution in [1.82, 2.24) is 5.32 Å². The van der Waals surface area contributed by atoms with Gasteiger partial charge in [0.1, 0.15) is 0 Å². The highest BCUT2D eigenvalue weighted by Gasteiger charge is 2.24. The average molecular weight is 268 g/mol. The topological polar surface area (TPSA) is 58.4 Å². The monoisotopic (exact) mass is 267 g/mol. The normalized spacial score (nSPS) is 19.8. The van der Waals surface area contributed by atoms with Gasteiger partial charge in [0.15, 0.2) is 0 Å². The number of piperazine rings is 1. The van der Waals surface area contributed by atoms with E-state index in [-0.39, 0.29) is 11.9 Å². The molecule has 0 radical (unpaired) electrons. The SMILES string of the molecule is Cc1cc(Cl)ccc1N1CC(=O)NC(CCN)C1. The minimum absolute atomic E-state index is 0.0500. The van der Waals surface area contributed by atoms with Crippen LogP contribution in [0.15, 0.2) is 18.2 Å². The van der Waals surface area contributed by atoms with E-state index in [2.05, 4.69) is 10.2 Å². The minimum Gasteiger partial charge on any atom is -0.360 e. The number of hydrogen-bond donors (Lipinski definition) is 2.